The largest absolute Gasteiger partial charge is 0.357 e. The first-order valence-corrected chi connectivity index (χ1v) is 7.53. The Balaban J connectivity index is 2.47. The van der Waals surface area contributed by atoms with Crippen molar-refractivity contribution in [1.82, 2.24) is 4.98 Å². The van der Waals surface area contributed by atoms with Gasteiger partial charge in [-0.1, -0.05) is 32.0 Å². The first kappa shape index (κ1) is 14.1. The van der Waals surface area contributed by atoms with Crippen LogP contribution in [0.5, 0.6) is 0 Å². The molecule has 0 atom stereocenters. The molecular weight excluding hydrogens is 256 g/mol. The monoisotopic (exact) mass is 276 g/mol. The van der Waals surface area contributed by atoms with E-state index in [1.807, 2.05) is 12.1 Å². The van der Waals surface area contributed by atoms with Crippen LogP contribution in [0.25, 0.3) is 10.9 Å². The zero-order chi connectivity index (χ0) is 13.7. The van der Waals surface area contributed by atoms with Crippen molar-refractivity contribution in [1.29, 1.82) is 0 Å². The fourth-order valence-corrected chi connectivity index (χ4v) is 2.61. The van der Waals surface area contributed by atoms with E-state index in [1.54, 1.807) is 0 Å². The summed E-state index contributed by atoms with van der Waals surface area (Å²) in [5.74, 6) is 1.58. The number of nitrogens with zero attached hydrogens (tertiary/aromatic N) is 2. The smallest absolute Gasteiger partial charge is 0.129 e. The normalized spacial score (nSPS) is 10.9. The fourth-order valence-electron chi connectivity index (χ4n) is 2.39. The Morgan fingerprint density at radius 2 is 1.79 bits per heavy atom. The highest BCUT2D eigenvalue weighted by atomic mass is 35.5. The number of aromatic nitrogens is 1. The molecule has 0 N–H and O–H groups in total. The van der Waals surface area contributed by atoms with Gasteiger partial charge in [-0.25, -0.2) is 4.98 Å². The predicted molar refractivity (Wildman–Crippen MR) is 84.1 cm³/mol. The molecule has 0 saturated carbocycles. The number of hydrogen-bond acceptors (Lipinski definition) is 2. The molecule has 1 aromatic carbocycles. The zero-order valence-corrected chi connectivity index (χ0v) is 12.5. The third-order valence-electron chi connectivity index (χ3n) is 3.24. The van der Waals surface area contributed by atoms with Gasteiger partial charge in [0.05, 0.1) is 5.52 Å². The third-order valence-corrected chi connectivity index (χ3v) is 3.53. The minimum Gasteiger partial charge on any atom is -0.357 e. The standard InChI is InChI=1S/C16H21ClN2/c1-3-9-19(10-4-2)16-11-13(12-17)14-7-5-6-8-15(14)18-16/h5-8,11H,3-4,9-10,12H2,1-2H3. The first-order chi connectivity index (χ1) is 9.30. The molecule has 0 radical (unpaired) electrons. The Hall–Kier alpha value is -1.28. The van der Waals surface area contributed by atoms with Crippen molar-refractivity contribution in [2.75, 3.05) is 18.0 Å². The van der Waals surface area contributed by atoms with Crippen molar-refractivity contribution in [3.63, 3.8) is 0 Å². The number of halogens is 1. The van der Waals surface area contributed by atoms with E-state index in [2.05, 4.69) is 36.9 Å². The number of hydrogen-bond donors (Lipinski definition) is 0. The maximum absolute atomic E-state index is 6.09. The van der Waals surface area contributed by atoms with Crippen molar-refractivity contribution in [2.24, 2.45) is 0 Å². The van der Waals surface area contributed by atoms with E-state index >= 15 is 0 Å². The van der Waals surface area contributed by atoms with Crippen LogP contribution in [0.15, 0.2) is 30.3 Å². The number of benzene rings is 1. The van der Waals surface area contributed by atoms with E-state index in [-0.39, 0.29) is 0 Å². The number of alkyl halides is 1. The van der Waals surface area contributed by atoms with Gasteiger partial charge in [0.2, 0.25) is 0 Å². The summed E-state index contributed by atoms with van der Waals surface area (Å²) in [6, 6.07) is 10.4. The SMILES string of the molecule is CCCN(CCC)c1cc(CCl)c2ccccc2n1. The molecule has 0 bridgehead atoms. The molecule has 3 heteroatoms. The van der Waals surface area contributed by atoms with Gasteiger partial charge in [-0.05, 0) is 30.5 Å². The molecular formula is C16H21ClN2. The topological polar surface area (TPSA) is 16.1 Å². The van der Waals surface area contributed by atoms with Crippen LogP contribution in [0.3, 0.4) is 0 Å². The van der Waals surface area contributed by atoms with Gasteiger partial charge in [0.15, 0.2) is 0 Å². The summed E-state index contributed by atoms with van der Waals surface area (Å²) in [5, 5.41) is 1.16. The van der Waals surface area contributed by atoms with Gasteiger partial charge < -0.3 is 4.90 Å². The molecule has 2 nitrogen and oxygen atoms in total. The summed E-state index contributed by atoms with van der Waals surface area (Å²) in [5.41, 5.74) is 2.20. The highest BCUT2D eigenvalue weighted by Crippen LogP contribution is 2.24. The van der Waals surface area contributed by atoms with Gasteiger partial charge in [-0.2, -0.15) is 0 Å². The van der Waals surface area contributed by atoms with E-state index in [4.69, 9.17) is 16.6 Å². The molecule has 0 aliphatic heterocycles. The molecule has 19 heavy (non-hydrogen) atoms. The molecule has 0 spiro atoms. The number of para-hydroxylation sites is 1. The Morgan fingerprint density at radius 1 is 1.11 bits per heavy atom. The molecule has 0 aliphatic carbocycles. The van der Waals surface area contributed by atoms with Gasteiger partial charge in [-0.15, -0.1) is 11.6 Å². The van der Waals surface area contributed by atoms with E-state index in [9.17, 15) is 0 Å². The van der Waals surface area contributed by atoms with Gasteiger partial charge in [-0.3, -0.25) is 0 Å². The van der Waals surface area contributed by atoms with E-state index in [0.29, 0.717) is 5.88 Å². The van der Waals surface area contributed by atoms with Crippen molar-refractivity contribution >= 4 is 28.3 Å². The highest BCUT2D eigenvalue weighted by Gasteiger charge is 2.10. The van der Waals surface area contributed by atoms with E-state index < -0.39 is 0 Å². The van der Waals surface area contributed by atoms with E-state index in [0.717, 1.165) is 42.7 Å². The maximum atomic E-state index is 6.09. The molecule has 102 valence electrons. The lowest BCUT2D eigenvalue weighted by Gasteiger charge is -2.23. The summed E-state index contributed by atoms with van der Waals surface area (Å²) in [6.07, 6.45) is 2.26. The van der Waals surface area contributed by atoms with Crippen molar-refractivity contribution < 1.29 is 0 Å². The average Bonchev–Trinajstić information content (AvgIpc) is 2.46. The summed E-state index contributed by atoms with van der Waals surface area (Å²) in [7, 11) is 0. The van der Waals surface area contributed by atoms with Crippen LogP contribution in [-0.4, -0.2) is 18.1 Å². The average molecular weight is 277 g/mol. The number of pyridine rings is 1. The van der Waals surface area contributed by atoms with Crippen molar-refractivity contribution in [3.8, 4) is 0 Å². The van der Waals surface area contributed by atoms with Crippen molar-refractivity contribution in [2.45, 2.75) is 32.6 Å². The minimum atomic E-state index is 0.530. The third kappa shape index (κ3) is 3.19. The van der Waals surface area contributed by atoms with Crippen LogP contribution in [0, 0.1) is 0 Å². The Labute approximate surface area is 120 Å². The lowest BCUT2D eigenvalue weighted by atomic mass is 10.1. The second kappa shape index (κ2) is 6.76. The zero-order valence-electron chi connectivity index (χ0n) is 11.7. The molecule has 0 amide bonds. The number of rotatable bonds is 6. The van der Waals surface area contributed by atoms with Crippen LogP contribution in [0.4, 0.5) is 5.82 Å². The van der Waals surface area contributed by atoms with Crippen LogP contribution in [0.1, 0.15) is 32.3 Å². The molecule has 2 rings (SSSR count). The quantitative estimate of drug-likeness (QED) is 0.717. The molecule has 1 heterocycles. The fraction of sp³-hybridized carbons (Fsp3) is 0.438. The number of fused-ring (bicyclic) bond motifs is 1. The van der Waals surface area contributed by atoms with Crippen molar-refractivity contribution in [3.05, 3.63) is 35.9 Å². The second-order valence-corrected chi connectivity index (χ2v) is 5.04. The van der Waals surface area contributed by atoms with Gasteiger partial charge in [0.25, 0.3) is 0 Å². The summed E-state index contributed by atoms with van der Waals surface area (Å²) in [4.78, 5) is 7.14. The summed E-state index contributed by atoms with van der Waals surface area (Å²) < 4.78 is 0. The van der Waals surface area contributed by atoms with Gasteiger partial charge in [0.1, 0.15) is 5.82 Å². The predicted octanol–water partition coefficient (Wildman–Crippen LogP) is 4.60. The Bertz CT molecular complexity index is 533. The molecule has 2 aromatic rings. The van der Waals surface area contributed by atoms with Gasteiger partial charge >= 0.3 is 0 Å². The lowest BCUT2D eigenvalue weighted by molar-refractivity contribution is 0.735. The van der Waals surface area contributed by atoms with Crippen LogP contribution in [-0.2, 0) is 5.88 Å². The molecule has 0 unspecified atom stereocenters. The Kier molecular flexibility index (Phi) is 5.03. The summed E-state index contributed by atoms with van der Waals surface area (Å²) >= 11 is 6.09. The second-order valence-electron chi connectivity index (χ2n) is 4.78. The minimum absolute atomic E-state index is 0.530. The highest BCUT2D eigenvalue weighted by molar-refractivity contribution is 6.18. The first-order valence-electron chi connectivity index (χ1n) is 6.99. The van der Waals surface area contributed by atoms with Gasteiger partial charge in [0, 0.05) is 24.4 Å². The van der Waals surface area contributed by atoms with Crippen LogP contribution in [0.2, 0.25) is 0 Å². The molecule has 0 fully saturated rings. The Morgan fingerprint density at radius 3 is 2.42 bits per heavy atom. The molecule has 0 aliphatic rings. The summed E-state index contributed by atoms with van der Waals surface area (Å²) in [6.45, 7) is 6.49. The van der Waals surface area contributed by atoms with Crippen LogP contribution < -0.4 is 4.90 Å². The van der Waals surface area contributed by atoms with Crippen LogP contribution >= 0.6 is 11.6 Å². The molecule has 1 aromatic heterocycles. The molecule has 0 saturated heterocycles. The maximum Gasteiger partial charge on any atom is 0.129 e. The lowest BCUT2D eigenvalue weighted by Crippen LogP contribution is -2.26. The van der Waals surface area contributed by atoms with E-state index in [1.165, 1.54) is 5.56 Å². The number of anilines is 1.